The highest BCUT2D eigenvalue weighted by atomic mass is 19.2. The Morgan fingerprint density at radius 2 is 1.71 bits per heavy atom. The lowest BCUT2D eigenvalue weighted by Crippen LogP contribution is -2.14. The van der Waals surface area contributed by atoms with Crippen molar-refractivity contribution >= 4 is 12.2 Å². The predicted molar refractivity (Wildman–Crippen MR) is 77.1 cm³/mol. The zero-order valence-corrected chi connectivity index (χ0v) is 13.6. The van der Waals surface area contributed by atoms with Crippen molar-refractivity contribution in [1.29, 1.82) is 0 Å². The summed E-state index contributed by atoms with van der Waals surface area (Å²) in [6.45, 7) is 3.60. The quantitative estimate of drug-likeness (QED) is 0.269. The van der Waals surface area contributed by atoms with Crippen molar-refractivity contribution in [2.24, 2.45) is 22.4 Å². The van der Waals surface area contributed by atoms with Gasteiger partial charge in [0.2, 0.25) is 0 Å². The second kappa shape index (κ2) is 6.41. The van der Waals surface area contributed by atoms with E-state index in [1.807, 2.05) is 0 Å². The van der Waals surface area contributed by atoms with E-state index in [0.717, 1.165) is 6.92 Å². The first-order valence-corrected chi connectivity index (χ1v) is 7.19. The van der Waals surface area contributed by atoms with Crippen LogP contribution in [0.15, 0.2) is 5.16 Å². The highest BCUT2D eigenvalue weighted by molar-refractivity contribution is 5.85. The molecule has 2 rings (SSSR count). The molecule has 0 N–H and O–H groups in total. The minimum Gasteiger partial charge on any atom is -0.460 e. The molecule has 1 aliphatic carbocycles. The summed E-state index contributed by atoms with van der Waals surface area (Å²) in [4.78, 5) is 16.6. The number of benzene rings is 1. The Bertz CT molecular complexity index is 674. The first-order chi connectivity index (χ1) is 11.1. The molecule has 0 bridgehead atoms. The summed E-state index contributed by atoms with van der Waals surface area (Å²) >= 11 is 0. The van der Waals surface area contributed by atoms with Crippen molar-refractivity contribution in [2.45, 2.75) is 27.4 Å². The highest BCUT2D eigenvalue weighted by Gasteiger charge is 2.62. The number of ether oxygens (including phenoxy) is 1. The SMILES string of the molecule is CO/N=C/[C@H]1[C@@H](C(=O)OCc2c(F)c(F)c(C)c(F)c2F)C1(C)C. The molecule has 4 nitrogen and oxygen atoms in total. The van der Waals surface area contributed by atoms with Crippen LogP contribution in [0, 0.1) is 47.4 Å². The van der Waals surface area contributed by atoms with Crippen LogP contribution in [0.5, 0.6) is 0 Å². The predicted octanol–water partition coefficient (Wildman–Crippen LogP) is 3.50. The van der Waals surface area contributed by atoms with E-state index in [1.54, 1.807) is 13.8 Å². The maximum absolute atomic E-state index is 13.8. The summed E-state index contributed by atoms with van der Waals surface area (Å²) < 4.78 is 59.4. The molecule has 1 aromatic carbocycles. The molecule has 0 spiro atoms. The lowest BCUT2D eigenvalue weighted by atomic mass is 10.1. The normalized spacial score (nSPS) is 21.8. The maximum Gasteiger partial charge on any atom is 0.310 e. The third-order valence-corrected chi connectivity index (χ3v) is 4.42. The molecule has 0 aromatic heterocycles. The fraction of sp³-hybridized carbons (Fsp3) is 0.500. The average molecular weight is 347 g/mol. The molecule has 0 aliphatic heterocycles. The van der Waals surface area contributed by atoms with Gasteiger partial charge in [-0.15, -0.1) is 0 Å². The van der Waals surface area contributed by atoms with Gasteiger partial charge in [-0.2, -0.15) is 0 Å². The molecular formula is C16H17F4NO3. The second-order valence-corrected chi connectivity index (χ2v) is 6.23. The van der Waals surface area contributed by atoms with Gasteiger partial charge in [0.05, 0.1) is 11.5 Å². The van der Waals surface area contributed by atoms with Gasteiger partial charge >= 0.3 is 5.97 Å². The molecule has 132 valence electrons. The Labute approximate surface area is 136 Å². The molecule has 0 radical (unpaired) electrons. The van der Waals surface area contributed by atoms with Gasteiger partial charge in [-0.1, -0.05) is 19.0 Å². The molecule has 0 unspecified atom stereocenters. The highest BCUT2D eigenvalue weighted by Crippen LogP contribution is 2.57. The Morgan fingerprint density at radius 1 is 1.17 bits per heavy atom. The van der Waals surface area contributed by atoms with Crippen molar-refractivity contribution < 1.29 is 31.9 Å². The molecule has 8 heteroatoms. The third-order valence-electron chi connectivity index (χ3n) is 4.42. The van der Waals surface area contributed by atoms with Gasteiger partial charge in [0, 0.05) is 17.7 Å². The van der Waals surface area contributed by atoms with Gasteiger partial charge in [0.15, 0.2) is 23.3 Å². The molecule has 1 aromatic rings. The molecule has 1 fully saturated rings. The first kappa shape index (κ1) is 18.2. The Balaban J connectivity index is 2.13. The van der Waals surface area contributed by atoms with E-state index in [0.29, 0.717) is 0 Å². The number of carbonyl (C=O) groups is 1. The molecule has 2 atom stereocenters. The Morgan fingerprint density at radius 3 is 2.21 bits per heavy atom. The molecule has 1 saturated carbocycles. The third kappa shape index (κ3) is 2.97. The number of carbonyl (C=O) groups excluding carboxylic acids is 1. The molecule has 0 amide bonds. The topological polar surface area (TPSA) is 47.9 Å². The largest absolute Gasteiger partial charge is 0.460 e. The molecule has 24 heavy (non-hydrogen) atoms. The number of rotatable bonds is 5. The van der Waals surface area contributed by atoms with E-state index in [2.05, 4.69) is 9.99 Å². The zero-order valence-electron chi connectivity index (χ0n) is 13.6. The summed E-state index contributed by atoms with van der Waals surface area (Å²) in [6.07, 6.45) is 1.44. The first-order valence-electron chi connectivity index (χ1n) is 7.19. The average Bonchev–Trinajstić information content (AvgIpc) is 3.09. The Hall–Kier alpha value is -2.12. The molecule has 0 heterocycles. The summed E-state index contributed by atoms with van der Waals surface area (Å²) in [5.74, 6) is -7.70. The molecule has 1 aliphatic rings. The number of hydrogen-bond donors (Lipinski definition) is 0. The lowest BCUT2D eigenvalue weighted by molar-refractivity contribution is -0.147. The van der Waals surface area contributed by atoms with Crippen LogP contribution in [0.2, 0.25) is 0 Å². The van der Waals surface area contributed by atoms with Gasteiger partial charge in [-0.3, -0.25) is 4.79 Å². The summed E-state index contributed by atoms with van der Waals surface area (Å²) in [7, 11) is 1.35. The van der Waals surface area contributed by atoms with Crippen molar-refractivity contribution in [3.8, 4) is 0 Å². The van der Waals surface area contributed by atoms with Crippen molar-refractivity contribution in [3.63, 3.8) is 0 Å². The standard InChI is InChI=1S/C16H17F4NO3/c1-7-11(17)13(19)8(14(20)12(7)18)6-24-15(22)10-9(5-21-23-4)16(10,2)3/h5,9-10H,6H2,1-4H3/b21-5+/t9-,10-/m0/s1. The van der Waals surface area contributed by atoms with Gasteiger partial charge < -0.3 is 9.57 Å². The summed E-state index contributed by atoms with van der Waals surface area (Å²) in [5, 5.41) is 3.59. The summed E-state index contributed by atoms with van der Waals surface area (Å²) in [6, 6.07) is 0. The van der Waals surface area contributed by atoms with E-state index >= 15 is 0 Å². The van der Waals surface area contributed by atoms with Crippen LogP contribution < -0.4 is 0 Å². The number of halogens is 4. The molecule has 0 saturated heterocycles. The monoisotopic (exact) mass is 347 g/mol. The van der Waals surface area contributed by atoms with Crippen molar-refractivity contribution in [3.05, 3.63) is 34.4 Å². The smallest absolute Gasteiger partial charge is 0.310 e. The van der Waals surface area contributed by atoms with Crippen LogP contribution in [0.25, 0.3) is 0 Å². The maximum atomic E-state index is 13.8. The van der Waals surface area contributed by atoms with Gasteiger partial charge in [0.25, 0.3) is 0 Å². The second-order valence-electron chi connectivity index (χ2n) is 6.23. The number of hydrogen-bond acceptors (Lipinski definition) is 4. The number of oxime groups is 1. The van der Waals surface area contributed by atoms with Crippen LogP contribution in [0.1, 0.15) is 25.0 Å². The van der Waals surface area contributed by atoms with Crippen LogP contribution >= 0.6 is 0 Å². The fourth-order valence-corrected chi connectivity index (χ4v) is 2.68. The van der Waals surface area contributed by atoms with Crippen molar-refractivity contribution in [2.75, 3.05) is 7.11 Å². The van der Waals surface area contributed by atoms with Crippen LogP contribution in [0.3, 0.4) is 0 Å². The van der Waals surface area contributed by atoms with Crippen LogP contribution in [-0.4, -0.2) is 19.3 Å². The van der Waals surface area contributed by atoms with E-state index in [1.165, 1.54) is 13.3 Å². The Kier molecular flexibility index (Phi) is 4.87. The molecular weight excluding hydrogens is 330 g/mol. The van der Waals surface area contributed by atoms with Gasteiger partial charge in [-0.05, 0) is 12.3 Å². The van der Waals surface area contributed by atoms with Crippen molar-refractivity contribution in [1.82, 2.24) is 0 Å². The van der Waals surface area contributed by atoms with E-state index in [-0.39, 0.29) is 5.92 Å². The fourth-order valence-electron chi connectivity index (χ4n) is 2.68. The minimum atomic E-state index is -1.56. The zero-order chi connectivity index (χ0) is 18.2. The van der Waals surface area contributed by atoms with E-state index in [4.69, 9.17) is 4.74 Å². The van der Waals surface area contributed by atoms with E-state index in [9.17, 15) is 22.4 Å². The van der Waals surface area contributed by atoms with Gasteiger partial charge in [0.1, 0.15) is 13.7 Å². The minimum absolute atomic E-state index is 0.258. The number of nitrogens with zero attached hydrogens (tertiary/aromatic N) is 1. The summed E-state index contributed by atoms with van der Waals surface area (Å²) in [5.41, 5.74) is -2.18. The van der Waals surface area contributed by atoms with Gasteiger partial charge in [-0.25, -0.2) is 17.6 Å². The lowest BCUT2D eigenvalue weighted by Gasteiger charge is -2.10. The number of esters is 1. The van der Waals surface area contributed by atoms with Crippen LogP contribution in [0.4, 0.5) is 17.6 Å². The van der Waals surface area contributed by atoms with Crippen LogP contribution in [-0.2, 0) is 21.0 Å². The van der Waals surface area contributed by atoms with E-state index < -0.39 is 58.3 Å².